The molecule has 30 heavy (non-hydrogen) atoms. The van der Waals surface area contributed by atoms with E-state index in [-0.39, 0.29) is 17.9 Å². The van der Waals surface area contributed by atoms with Gasteiger partial charge in [0.2, 0.25) is 0 Å². The first kappa shape index (κ1) is 20.8. The second kappa shape index (κ2) is 9.57. The Hall–Kier alpha value is -2.45. The molecule has 1 fully saturated rings. The van der Waals surface area contributed by atoms with Gasteiger partial charge in [-0.2, -0.15) is 0 Å². The molecule has 1 aromatic carbocycles. The first-order chi connectivity index (χ1) is 14.6. The number of unbranched alkanes of at least 4 members (excludes halogenated alkanes) is 1. The number of hydrogen-bond donors (Lipinski definition) is 1. The Kier molecular flexibility index (Phi) is 6.64. The standard InChI is InChI=1S/C22H27N3O4S/c1-2-3-12-28-16-8-6-15(7-9-16)21(27)25-11-10-17-19(14-25)30-22(23-17)24-20(26)18-5-4-13-29-18/h6-9,18H,2-5,10-14H2,1H3,(H,23,24,26). The van der Waals surface area contributed by atoms with Crippen molar-refractivity contribution in [3.63, 3.8) is 0 Å². The number of thiazole rings is 1. The lowest BCUT2D eigenvalue weighted by Gasteiger charge is -2.26. The monoisotopic (exact) mass is 429 g/mol. The summed E-state index contributed by atoms with van der Waals surface area (Å²) in [5, 5.41) is 3.46. The highest BCUT2D eigenvalue weighted by atomic mass is 32.1. The van der Waals surface area contributed by atoms with Crippen LogP contribution >= 0.6 is 11.3 Å². The summed E-state index contributed by atoms with van der Waals surface area (Å²) in [4.78, 5) is 32.6. The highest BCUT2D eigenvalue weighted by Gasteiger charge is 2.27. The van der Waals surface area contributed by atoms with Crippen LogP contribution in [0.3, 0.4) is 0 Å². The van der Waals surface area contributed by atoms with E-state index in [1.54, 1.807) is 0 Å². The molecule has 0 spiro atoms. The average molecular weight is 430 g/mol. The fraction of sp³-hybridized carbons (Fsp3) is 0.500. The minimum Gasteiger partial charge on any atom is -0.494 e. The molecule has 0 saturated carbocycles. The third-order valence-electron chi connectivity index (χ3n) is 5.34. The number of benzene rings is 1. The molecule has 0 aliphatic carbocycles. The second-order valence-corrected chi connectivity index (χ2v) is 8.67. The number of hydrogen-bond acceptors (Lipinski definition) is 6. The van der Waals surface area contributed by atoms with Crippen LogP contribution in [-0.2, 0) is 22.5 Å². The zero-order valence-electron chi connectivity index (χ0n) is 17.2. The number of carbonyl (C=O) groups is 2. The molecule has 1 N–H and O–H groups in total. The van der Waals surface area contributed by atoms with E-state index in [0.29, 0.717) is 43.4 Å². The van der Waals surface area contributed by atoms with Crippen molar-refractivity contribution in [2.75, 3.05) is 25.1 Å². The summed E-state index contributed by atoms with van der Waals surface area (Å²) in [7, 11) is 0. The van der Waals surface area contributed by atoms with Crippen LogP contribution in [0.4, 0.5) is 5.13 Å². The van der Waals surface area contributed by atoms with E-state index in [4.69, 9.17) is 9.47 Å². The molecule has 1 saturated heterocycles. The number of fused-ring (bicyclic) bond motifs is 1. The van der Waals surface area contributed by atoms with Gasteiger partial charge in [0.05, 0.1) is 18.8 Å². The molecule has 2 aliphatic heterocycles. The van der Waals surface area contributed by atoms with Gasteiger partial charge in [-0.3, -0.25) is 14.9 Å². The zero-order chi connectivity index (χ0) is 20.9. The molecular weight excluding hydrogens is 402 g/mol. The SMILES string of the molecule is CCCCOc1ccc(C(=O)N2CCc3nc(NC(=O)C4CCCO4)sc3C2)cc1. The van der Waals surface area contributed by atoms with Crippen LogP contribution in [0, 0.1) is 0 Å². The van der Waals surface area contributed by atoms with Crippen LogP contribution in [0.15, 0.2) is 24.3 Å². The number of ether oxygens (including phenoxy) is 2. The van der Waals surface area contributed by atoms with Crippen LogP contribution in [0.1, 0.15) is 53.5 Å². The molecule has 0 radical (unpaired) electrons. The number of aromatic nitrogens is 1. The van der Waals surface area contributed by atoms with Gasteiger partial charge in [-0.05, 0) is 43.5 Å². The lowest BCUT2D eigenvalue weighted by atomic mass is 10.1. The Morgan fingerprint density at radius 3 is 2.90 bits per heavy atom. The van der Waals surface area contributed by atoms with E-state index in [0.717, 1.165) is 42.0 Å². The van der Waals surface area contributed by atoms with E-state index in [9.17, 15) is 9.59 Å². The Bertz CT molecular complexity index is 890. The van der Waals surface area contributed by atoms with Gasteiger partial charge < -0.3 is 14.4 Å². The van der Waals surface area contributed by atoms with Crippen molar-refractivity contribution in [1.82, 2.24) is 9.88 Å². The van der Waals surface area contributed by atoms with E-state index >= 15 is 0 Å². The summed E-state index contributed by atoms with van der Waals surface area (Å²) in [6.45, 7) is 4.57. The summed E-state index contributed by atoms with van der Waals surface area (Å²) >= 11 is 1.44. The van der Waals surface area contributed by atoms with Crippen LogP contribution in [0.5, 0.6) is 5.75 Å². The topological polar surface area (TPSA) is 80.8 Å². The fourth-order valence-electron chi connectivity index (χ4n) is 3.60. The highest BCUT2D eigenvalue weighted by Crippen LogP contribution is 2.29. The van der Waals surface area contributed by atoms with Crippen LogP contribution in [0.2, 0.25) is 0 Å². The predicted molar refractivity (Wildman–Crippen MR) is 115 cm³/mol. The third-order valence-corrected chi connectivity index (χ3v) is 6.34. The van der Waals surface area contributed by atoms with Crippen molar-refractivity contribution in [1.29, 1.82) is 0 Å². The smallest absolute Gasteiger partial charge is 0.255 e. The first-order valence-electron chi connectivity index (χ1n) is 10.6. The lowest BCUT2D eigenvalue weighted by Crippen LogP contribution is -2.35. The van der Waals surface area contributed by atoms with Gasteiger partial charge in [0, 0.05) is 30.0 Å². The number of carbonyl (C=O) groups excluding carboxylic acids is 2. The van der Waals surface area contributed by atoms with Crippen LogP contribution in [0.25, 0.3) is 0 Å². The maximum Gasteiger partial charge on any atom is 0.255 e. The molecule has 1 aromatic heterocycles. The van der Waals surface area contributed by atoms with Crippen LogP contribution < -0.4 is 10.1 Å². The number of anilines is 1. The summed E-state index contributed by atoms with van der Waals surface area (Å²) in [6, 6.07) is 7.34. The zero-order valence-corrected chi connectivity index (χ0v) is 18.0. The molecule has 2 aromatic rings. The first-order valence-corrected chi connectivity index (χ1v) is 11.4. The van der Waals surface area contributed by atoms with Gasteiger partial charge in [0.25, 0.3) is 11.8 Å². The highest BCUT2D eigenvalue weighted by molar-refractivity contribution is 7.15. The summed E-state index contributed by atoms with van der Waals surface area (Å²) in [5.74, 6) is 0.655. The third kappa shape index (κ3) is 4.82. The van der Waals surface area contributed by atoms with E-state index < -0.39 is 0 Å². The van der Waals surface area contributed by atoms with Crippen molar-refractivity contribution < 1.29 is 19.1 Å². The number of nitrogens with zero attached hydrogens (tertiary/aromatic N) is 2. The van der Waals surface area contributed by atoms with Gasteiger partial charge in [-0.15, -0.1) is 0 Å². The quantitative estimate of drug-likeness (QED) is 0.680. The molecule has 8 heteroatoms. The molecule has 2 amide bonds. The van der Waals surface area contributed by atoms with Crippen molar-refractivity contribution in [2.24, 2.45) is 0 Å². The summed E-state index contributed by atoms with van der Waals surface area (Å²) in [6.07, 6.45) is 4.08. The largest absolute Gasteiger partial charge is 0.494 e. The van der Waals surface area contributed by atoms with Gasteiger partial charge in [0.1, 0.15) is 11.9 Å². The van der Waals surface area contributed by atoms with E-state index in [1.807, 2.05) is 29.2 Å². The minimum atomic E-state index is -0.377. The maximum absolute atomic E-state index is 12.9. The van der Waals surface area contributed by atoms with Gasteiger partial charge >= 0.3 is 0 Å². The molecule has 1 unspecified atom stereocenters. The normalized spacial score (nSPS) is 18.2. The maximum atomic E-state index is 12.9. The fourth-order valence-corrected chi connectivity index (χ4v) is 4.63. The van der Waals surface area contributed by atoms with Gasteiger partial charge in [0.15, 0.2) is 5.13 Å². The molecule has 1 atom stereocenters. The van der Waals surface area contributed by atoms with E-state index in [2.05, 4.69) is 17.2 Å². The van der Waals surface area contributed by atoms with Crippen LogP contribution in [-0.4, -0.2) is 47.6 Å². The van der Waals surface area contributed by atoms with Crippen molar-refractivity contribution in [2.45, 2.75) is 51.7 Å². The van der Waals surface area contributed by atoms with Gasteiger partial charge in [-0.25, -0.2) is 4.98 Å². The average Bonchev–Trinajstić information content (AvgIpc) is 3.43. The predicted octanol–water partition coefficient (Wildman–Crippen LogP) is 3.64. The molecule has 7 nitrogen and oxygen atoms in total. The van der Waals surface area contributed by atoms with Crippen molar-refractivity contribution in [3.8, 4) is 5.75 Å². The Balaban J connectivity index is 1.36. The van der Waals surface area contributed by atoms with Crippen molar-refractivity contribution >= 4 is 28.3 Å². The minimum absolute atomic E-state index is 0.000834. The number of rotatable bonds is 7. The Labute approximate surface area is 180 Å². The molecular formula is C22H27N3O4S. The Morgan fingerprint density at radius 2 is 2.17 bits per heavy atom. The number of nitrogens with one attached hydrogen (secondary N) is 1. The molecule has 2 aliphatic rings. The molecule has 160 valence electrons. The van der Waals surface area contributed by atoms with Crippen molar-refractivity contribution in [3.05, 3.63) is 40.4 Å². The second-order valence-electron chi connectivity index (χ2n) is 7.58. The Morgan fingerprint density at radius 1 is 1.33 bits per heavy atom. The molecule has 4 rings (SSSR count). The van der Waals surface area contributed by atoms with Gasteiger partial charge in [-0.1, -0.05) is 24.7 Å². The summed E-state index contributed by atoms with van der Waals surface area (Å²) in [5.41, 5.74) is 1.61. The number of amides is 2. The molecule has 3 heterocycles. The summed E-state index contributed by atoms with van der Waals surface area (Å²) < 4.78 is 11.1. The van der Waals surface area contributed by atoms with E-state index in [1.165, 1.54) is 11.3 Å². The lowest BCUT2D eigenvalue weighted by molar-refractivity contribution is -0.124. The molecule has 0 bridgehead atoms.